The molecule has 6 nitrogen and oxygen atoms in total. The third-order valence-electron chi connectivity index (χ3n) is 5.13. The second-order valence-electron chi connectivity index (χ2n) is 6.35. The average Bonchev–Trinajstić information content (AvgIpc) is 3.24. The highest BCUT2D eigenvalue weighted by atomic mass is 16.6. The molecule has 2 aliphatic heterocycles. The van der Waals surface area contributed by atoms with Gasteiger partial charge in [-0.3, -0.25) is 20.3 Å². The quantitative estimate of drug-likeness (QED) is 0.579. The number of aliphatic hydroxyl groups is 1. The molecule has 2 heterocycles. The van der Waals surface area contributed by atoms with E-state index in [9.17, 15) is 15.2 Å². The normalized spacial score (nSPS) is 36.1. The molecular weight excluding hydrogens is 246 g/mol. The number of hydrogen-bond acceptors (Lipinski definition) is 5. The van der Waals surface area contributed by atoms with E-state index in [1.807, 2.05) is 0 Å². The van der Waals surface area contributed by atoms with Crippen LogP contribution in [-0.4, -0.2) is 52.4 Å². The number of nitrogens with zero attached hydrogens (tertiary/aromatic N) is 2. The monoisotopic (exact) mass is 269 g/mol. The van der Waals surface area contributed by atoms with Crippen LogP contribution in [0.15, 0.2) is 0 Å². The third-order valence-corrected chi connectivity index (χ3v) is 5.13. The van der Waals surface area contributed by atoms with Crippen molar-refractivity contribution >= 4 is 0 Å². The van der Waals surface area contributed by atoms with Gasteiger partial charge in [0.15, 0.2) is 0 Å². The lowest BCUT2D eigenvalue weighted by Gasteiger charge is -2.43. The average molecular weight is 269 g/mol. The zero-order valence-electron chi connectivity index (χ0n) is 11.3. The fourth-order valence-corrected chi connectivity index (χ4v) is 3.62. The summed E-state index contributed by atoms with van der Waals surface area (Å²) in [5.41, 5.74) is -0.415. The van der Waals surface area contributed by atoms with Crippen LogP contribution in [0, 0.1) is 16.0 Å². The lowest BCUT2D eigenvalue weighted by molar-refractivity contribution is -0.532. The first-order valence-corrected chi connectivity index (χ1v) is 7.42. The lowest BCUT2D eigenvalue weighted by atomic mass is 9.85. The van der Waals surface area contributed by atoms with Crippen molar-refractivity contribution in [3.63, 3.8) is 0 Å². The van der Waals surface area contributed by atoms with Gasteiger partial charge in [-0.1, -0.05) is 0 Å². The van der Waals surface area contributed by atoms with E-state index in [0.29, 0.717) is 24.9 Å². The number of hydrogen-bond donors (Lipinski definition) is 2. The lowest BCUT2D eigenvalue weighted by Crippen LogP contribution is -2.56. The molecule has 2 saturated heterocycles. The fraction of sp³-hybridized carbons (Fsp3) is 1.00. The molecule has 0 spiro atoms. The SMILES string of the molecule is O=[N+]([O-])C1CCC(N2CCC(O)(C3CC3)CC2)CN1. The van der Waals surface area contributed by atoms with Gasteiger partial charge < -0.3 is 5.11 Å². The van der Waals surface area contributed by atoms with Crippen LogP contribution in [0.2, 0.25) is 0 Å². The van der Waals surface area contributed by atoms with Crippen LogP contribution in [-0.2, 0) is 0 Å². The van der Waals surface area contributed by atoms with E-state index < -0.39 is 11.8 Å². The van der Waals surface area contributed by atoms with E-state index in [4.69, 9.17) is 0 Å². The molecule has 3 fully saturated rings. The Kier molecular flexibility index (Phi) is 3.49. The predicted octanol–water partition coefficient (Wildman–Crippen LogP) is 0.578. The van der Waals surface area contributed by atoms with Crippen LogP contribution in [0.5, 0.6) is 0 Å². The van der Waals surface area contributed by atoms with Crippen molar-refractivity contribution in [1.29, 1.82) is 0 Å². The molecule has 0 aromatic carbocycles. The first kappa shape index (κ1) is 13.3. The Balaban J connectivity index is 1.48. The fourth-order valence-electron chi connectivity index (χ4n) is 3.62. The summed E-state index contributed by atoms with van der Waals surface area (Å²) in [7, 11) is 0. The van der Waals surface area contributed by atoms with E-state index in [2.05, 4.69) is 10.2 Å². The van der Waals surface area contributed by atoms with Crippen molar-refractivity contribution in [2.75, 3.05) is 19.6 Å². The standard InChI is InChI=1S/C13H23N3O3/c17-13(10-1-2-10)5-7-15(8-6-13)11-3-4-12(14-9-11)16(18)19/h10-12,14,17H,1-9H2. The zero-order valence-corrected chi connectivity index (χ0v) is 11.3. The minimum atomic E-state index is -0.565. The molecule has 2 atom stereocenters. The molecule has 3 rings (SSSR count). The third kappa shape index (κ3) is 2.75. The highest BCUT2D eigenvalue weighted by molar-refractivity contribution is 4.99. The van der Waals surface area contributed by atoms with Crippen LogP contribution < -0.4 is 5.32 Å². The topological polar surface area (TPSA) is 78.6 Å². The maximum Gasteiger partial charge on any atom is 0.266 e. The summed E-state index contributed by atoms with van der Waals surface area (Å²) in [6.07, 6.45) is 5.05. The summed E-state index contributed by atoms with van der Waals surface area (Å²) in [5, 5.41) is 24.2. The van der Waals surface area contributed by atoms with Crippen LogP contribution in [0.4, 0.5) is 0 Å². The van der Waals surface area contributed by atoms with Crippen molar-refractivity contribution < 1.29 is 10.0 Å². The molecule has 2 N–H and O–H groups in total. The second-order valence-corrected chi connectivity index (χ2v) is 6.35. The molecule has 0 bridgehead atoms. The summed E-state index contributed by atoms with van der Waals surface area (Å²) < 4.78 is 0. The number of nitrogens with one attached hydrogen (secondary N) is 1. The highest BCUT2D eigenvalue weighted by Crippen LogP contribution is 2.45. The van der Waals surface area contributed by atoms with Crippen LogP contribution >= 0.6 is 0 Å². The number of nitro groups is 1. The Bertz CT molecular complexity index is 343. The Morgan fingerprint density at radius 2 is 1.89 bits per heavy atom. The molecule has 108 valence electrons. The van der Waals surface area contributed by atoms with Crippen molar-refractivity contribution in [1.82, 2.24) is 10.2 Å². The molecule has 1 saturated carbocycles. The number of likely N-dealkylation sites (tertiary alicyclic amines) is 1. The van der Waals surface area contributed by atoms with E-state index in [-0.39, 0.29) is 4.92 Å². The van der Waals surface area contributed by atoms with E-state index in [0.717, 1.165) is 32.4 Å². The predicted molar refractivity (Wildman–Crippen MR) is 70.3 cm³/mol. The molecule has 19 heavy (non-hydrogen) atoms. The Morgan fingerprint density at radius 1 is 1.21 bits per heavy atom. The van der Waals surface area contributed by atoms with Gasteiger partial charge in [-0.05, 0) is 38.0 Å². The molecule has 0 amide bonds. The van der Waals surface area contributed by atoms with Gasteiger partial charge in [-0.15, -0.1) is 0 Å². The van der Waals surface area contributed by atoms with Gasteiger partial charge in [0.25, 0.3) is 6.17 Å². The number of rotatable bonds is 3. The molecule has 0 aromatic rings. The Morgan fingerprint density at radius 3 is 2.37 bits per heavy atom. The van der Waals surface area contributed by atoms with Crippen LogP contribution in [0.25, 0.3) is 0 Å². The van der Waals surface area contributed by atoms with Crippen molar-refractivity contribution in [2.24, 2.45) is 5.92 Å². The molecule has 0 radical (unpaired) electrons. The van der Waals surface area contributed by atoms with E-state index in [1.165, 1.54) is 12.8 Å². The summed E-state index contributed by atoms with van der Waals surface area (Å²) in [5.74, 6) is 0.540. The number of piperidine rings is 2. The van der Waals surface area contributed by atoms with Gasteiger partial charge in [-0.25, -0.2) is 0 Å². The minimum Gasteiger partial charge on any atom is -0.390 e. The van der Waals surface area contributed by atoms with Gasteiger partial charge in [-0.2, -0.15) is 0 Å². The van der Waals surface area contributed by atoms with Crippen molar-refractivity contribution in [2.45, 2.75) is 56.3 Å². The first-order valence-electron chi connectivity index (χ1n) is 7.42. The first-order chi connectivity index (χ1) is 9.08. The second kappa shape index (κ2) is 5.00. The maximum absolute atomic E-state index is 10.7. The van der Waals surface area contributed by atoms with Crippen LogP contribution in [0.1, 0.15) is 38.5 Å². The summed E-state index contributed by atoms with van der Waals surface area (Å²) in [6, 6.07) is 0.403. The minimum absolute atomic E-state index is 0.224. The zero-order chi connectivity index (χ0) is 13.5. The van der Waals surface area contributed by atoms with Gasteiger partial charge in [0, 0.05) is 37.0 Å². The Hall–Kier alpha value is -0.720. The van der Waals surface area contributed by atoms with Crippen molar-refractivity contribution in [3.05, 3.63) is 10.1 Å². The maximum atomic E-state index is 10.7. The van der Waals surface area contributed by atoms with E-state index in [1.54, 1.807) is 0 Å². The summed E-state index contributed by atoms with van der Waals surface area (Å²) in [6.45, 7) is 2.57. The van der Waals surface area contributed by atoms with Gasteiger partial charge in [0.2, 0.25) is 0 Å². The van der Waals surface area contributed by atoms with Gasteiger partial charge in [0.05, 0.1) is 5.60 Å². The molecule has 2 unspecified atom stereocenters. The van der Waals surface area contributed by atoms with E-state index >= 15 is 0 Å². The van der Waals surface area contributed by atoms with Gasteiger partial charge in [0.1, 0.15) is 0 Å². The largest absolute Gasteiger partial charge is 0.390 e. The van der Waals surface area contributed by atoms with Gasteiger partial charge >= 0.3 is 0 Å². The van der Waals surface area contributed by atoms with Crippen molar-refractivity contribution in [3.8, 4) is 0 Å². The summed E-state index contributed by atoms with van der Waals surface area (Å²) >= 11 is 0. The summed E-state index contributed by atoms with van der Waals surface area (Å²) in [4.78, 5) is 12.9. The smallest absolute Gasteiger partial charge is 0.266 e. The molecule has 1 aliphatic carbocycles. The molecule has 0 aromatic heterocycles. The van der Waals surface area contributed by atoms with Crippen LogP contribution in [0.3, 0.4) is 0 Å². The molecular formula is C13H23N3O3. The Labute approximate surface area is 113 Å². The molecule has 3 aliphatic rings. The molecule has 6 heteroatoms. The highest BCUT2D eigenvalue weighted by Gasteiger charge is 2.46.